The standard InChI is InChI=1S/C24H23Cl2N5O2/c1-13-23(26)22(19(25)11-27-13)14(2)33-17-4-5-20-18(9-17)24(31-30-20)15-3-6-21(28-10-15)29-16-7-8-32-12-16/h3-6,9-11,14,16H,7-8,12H2,1-2H3,(H,28,29)(H,30,31)/t14-,16+/m1/s1. The normalized spacial score (nSPS) is 16.8. The quantitative estimate of drug-likeness (QED) is 0.351. The summed E-state index contributed by atoms with van der Waals surface area (Å²) in [5, 5.41) is 12.9. The van der Waals surface area contributed by atoms with Crippen LogP contribution in [0.25, 0.3) is 22.2 Å². The second-order valence-electron chi connectivity index (χ2n) is 8.10. The van der Waals surface area contributed by atoms with E-state index in [0.717, 1.165) is 46.6 Å². The van der Waals surface area contributed by atoms with Gasteiger partial charge in [0.15, 0.2) is 0 Å². The van der Waals surface area contributed by atoms with Crippen molar-refractivity contribution in [3.05, 3.63) is 64.0 Å². The first-order valence-corrected chi connectivity index (χ1v) is 11.5. The minimum atomic E-state index is -0.355. The molecule has 0 bridgehead atoms. The number of ether oxygens (including phenoxy) is 2. The van der Waals surface area contributed by atoms with Crippen LogP contribution in [0.3, 0.4) is 0 Å². The summed E-state index contributed by atoms with van der Waals surface area (Å²) in [4.78, 5) is 8.75. The molecule has 0 radical (unpaired) electrons. The van der Waals surface area contributed by atoms with Gasteiger partial charge in [-0.05, 0) is 50.6 Å². The molecule has 3 aromatic heterocycles. The Balaban J connectivity index is 1.39. The molecule has 5 rings (SSSR count). The van der Waals surface area contributed by atoms with Gasteiger partial charge in [0, 0.05) is 35.5 Å². The van der Waals surface area contributed by atoms with Gasteiger partial charge in [0.05, 0.1) is 33.9 Å². The number of H-pyrrole nitrogens is 1. The van der Waals surface area contributed by atoms with Gasteiger partial charge in [-0.15, -0.1) is 0 Å². The molecule has 9 heteroatoms. The van der Waals surface area contributed by atoms with Crippen molar-refractivity contribution in [2.24, 2.45) is 0 Å². The summed E-state index contributed by atoms with van der Waals surface area (Å²) in [7, 11) is 0. The van der Waals surface area contributed by atoms with Crippen LogP contribution in [0.5, 0.6) is 5.75 Å². The zero-order valence-corrected chi connectivity index (χ0v) is 19.7. The Morgan fingerprint density at radius 2 is 2.06 bits per heavy atom. The SMILES string of the molecule is Cc1ncc(Cl)c([C@@H](C)Oc2ccc3[nH]nc(-c4ccc(N[C@H]5CCOC5)nc4)c3c2)c1Cl. The molecule has 7 nitrogen and oxygen atoms in total. The Hall–Kier alpha value is -2.87. The zero-order chi connectivity index (χ0) is 22.9. The van der Waals surface area contributed by atoms with E-state index in [9.17, 15) is 0 Å². The predicted octanol–water partition coefficient (Wildman–Crippen LogP) is 5.98. The molecular formula is C24H23Cl2N5O2. The van der Waals surface area contributed by atoms with E-state index in [1.807, 2.05) is 50.4 Å². The van der Waals surface area contributed by atoms with Gasteiger partial charge in [-0.1, -0.05) is 23.2 Å². The number of anilines is 1. The van der Waals surface area contributed by atoms with E-state index in [-0.39, 0.29) is 6.10 Å². The molecule has 0 saturated carbocycles. The van der Waals surface area contributed by atoms with Crippen LogP contribution < -0.4 is 10.1 Å². The maximum atomic E-state index is 6.45. The molecule has 0 unspecified atom stereocenters. The molecule has 1 saturated heterocycles. The van der Waals surface area contributed by atoms with Crippen LogP contribution >= 0.6 is 23.2 Å². The van der Waals surface area contributed by atoms with Gasteiger partial charge in [-0.2, -0.15) is 5.10 Å². The minimum absolute atomic E-state index is 0.308. The van der Waals surface area contributed by atoms with Gasteiger partial charge in [-0.3, -0.25) is 10.1 Å². The average Bonchev–Trinajstić information content (AvgIpc) is 3.47. The van der Waals surface area contributed by atoms with Crippen LogP contribution in [0.1, 0.15) is 30.7 Å². The number of aryl methyl sites for hydroxylation is 1. The second-order valence-corrected chi connectivity index (χ2v) is 8.88. The fourth-order valence-electron chi connectivity index (χ4n) is 3.98. The van der Waals surface area contributed by atoms with Crippen molar-refractivity contribution in [1.82, 2.24) is 20.2 Å². The molecule has 33 heavy (non-hydrogen) atoms. The highest BCUT2D eigenvalue weighted by atomic mass is 35.5. The molecule has 2 N–H and O–H groups in total. The maximum absolute atomic E-state index is 6.45. The summed E-state index contributed by atoms with van der Waals surface area (Å²) in [5.74, 6) is 1.51. The number of hydrogen-bond acceptors (Lipinski definition) is 6. The van der Waals surface area contributed by atoms with Crippen LogP contribution in [-0.4, -0.2) is 39.4 Å². The molecule has 1 aromatic carbocycles. The van der Waals surface area contributed by atoms with E-state index >= 15 is 0 Å². The van der Waals surface area contributed by atoms with Crippen LogP contribution in [0.2, 0.25) is 10.0 Å². The number of hydrogen-bond donors (Lipinski definition) is 2. The lowest BCUT2D eigenvalue weighted by molar-refractivity contribution is 0.195. The number of halogens is 2. The van der Waals surface area contributed by atoms with Crippen LogP contribution in [0.4, 0.5) is 5.82 Å². The third-order valence-corrected chi connectivity index (χ3v) is 6.53. The molecule has 0 aliphatic carbocycles. The maximum Gasteiger partial charge on any atom is 0.126 e. The molecule has 1 aliphatic heterocycles. The Morgan fingerprint density at radius 3 is 2.82 bits per heavy atom. The number of nitrogens with zero attached hydrogens (tertiary/aromatic N) is 3. The summed E-state index contributed by atoms with van der Waals surface area (Å²) in [5.41, 5.74) is 4.06. The first-order valence-electron chi connectivity index (χ1n) is 10.8. The van der Waals surface area contributed by atoms with Gasteiger partial charge < -0.3 is 14.8 Å². The lowest BCUT2D eigenvalue weighted by Crippen LogP contribution is -2.19. The number of aromatic amines is 1. The van der Waals surface area contributed by atoms with Crippen molar-refractivity contribution < 1.29 is 9.47 Å². The van der Waals surface area contributed by atoms with Gasteiger partial charge in [0.2, 0.25) is 0 Å². The van der Waals surface area contributed by atoms with Crippen molar-refractivity contribution in [2.45, 2.75) is 32.4 Å². The average molecular weight is 484 g/mol. The molecule has 0 spiro atoms. The Kier molecular flexibility index (Phi) is 6.10. The largest absolute Gasteiger partial charge is 0.486 e. The van der Waals surface area contributed by atoms with Crippen molar-refractivity contribution in [1.29, 1.82) is 0 Å². The van der Waals surface area contributed by atoms with Crippen LogP contribution in [-0.2, 0) is 4.74 Å². The van der Waals surface area contributed by atoms with E-state index < -0.39 is 0 Å². The van der Waals surface area contributed by atoms with Crippen molar-refractivity contribution in [2.75, 3.05) is 18.5 Å². The zero-order valence-electron chi connectivity index (χ0n) is 18.2. The molecule has 170 valence electrons. The van der Waals surface area contributed by atoms with E-state index in [0.29, 0.717) is 34.1 Å². The highest BCUT2D eigenvalue weighted by molar-refractivity contribution is 6.36. The third kappa shape index (κ3) is 4.49. The van der Waals surface area contributed by atoms with Crippen molar-refractivity contribution >= 4 is 39.9 Å². The van der Waals surface area contributed by atoms with Gasteiger partial charge in [-0.25, -0.2) is 4.98 Å². The smallest absolute Gasteiger partial charge is 0.126 e. The highest BCUT2D eigenvalue weighted by Gasteiger charge is 2.19. The number of fused-ring (bicyclic) bond motifs is 1. The summed E-state index contributed by atoms with van der Waals surface area (Å²) >= 11 is 12.8. The Bertz CT molecular complexity index is 1290. The van der Waals surface area contributed by atoms with Crippen LogP contribution in [0.15, 0.2) is 42.7 Å². The first kappa shape index (κ1) is 21.9. The number of pyridine rings is 2. The van der Waals surface area contributed by atoms with E-state index in [2.05, 4.69) is 25.5 Å². The number of benzene rings is 1. The monoisotopic (exact) mass is 483 g/mol. The molecule has 0 amide bonds. The number of rotatable bonds is 6. The van der Waals surface area contributed by atoms with Gasteiger partial charge >= 0.3 is 0 Å². The van der Waals surface area contributed by atoms with E-state index in [4.69, 9.17) is 32.7 Å². The Labute approximate surface area is 201 Å². The van der Waals surface area contributed by atoms with Crippen LogP contribution in [0, 0.1) is 6.92 Å². The molecular weight excluding hydrogens is 461 g/mol. The molecule has 2 atom stereocenters. The van der Waals surface area contributed by atoms with E-state index in [1.165, 1.54) is 0 Å². The molecule has 4 aromatic rings. The predicted molar refractivity (Wildman–Crippen MR) is 130 cm³/mol. The van der Waals surface area contributed by atoms with E-state index in [1.54, 1.807) is 6.20 Å². The molecule has 1 fully saturated rings. The Morgan fingerprint density at radius 1 is 1.18 bits per heavy atom. The summed E-state index contributed by atoms with van der Waals surface area (Å²) < 4.78 is 11.6. The van der Waals surface area contributed by atoms with Gasteiger partial charge in [0.1, 0.15) is 23.4 Å². The second kappa shape index (κ2) is 9.17. The first-order chi connectivity index (χ1) is 16.0. The molecule has 1 aliphatic rings. The van der Waals surface area contributed by atoms with Gasteiger partial charge in [0.25, 0.3) is 0 Å². The fraction of sp³-hybridized carbons (Fsp3) is 0.292. The number of aromatic nitrogens is 4. The summed E-state index contributed by atoms with van der Waals surface area (Å²) in [6, 6.07) is 10.1. The summed E-state index contributed by atoms with van der Waals surface area (Å²) in [6.07, 6.45) is 4.06. The van der Waals surface area contributed by atoms with Crippen molar-refractivity contribution in [3.8, 4) is 17.0 Å². The lowest BCUT2D eigenvalue weighted by atomic mass is 10.1. The fourth-order valence-corrected chi connectivity index (χ4v) is 4.63. The summed E-state index contributed by atoms with van der Waals surface area (Å²) in [6.45, 7) is 5.26. The highest BCUT2D eigenvalue weighted by Crippen LogP contribution is 2.36. The topological polar surface area (TPSA) is 85.0 Å². The minimum Gasteiger partial charge on any atom is -0.486 e. The lowest BCUT2D eigenvalue weighted by Gasteiger charge is -2.18. The number of nitrogens with one attached hydrogen (secondary N) is 2. The van der Waals surface area contributed by atoms with Crippen molar-refractivity contribution in [3.63, 3.8) is 0 Å². The molecule has 4 heterocycles. The third-order valence-electron chi connectivity index (χ3n) is 5.76.